The van der Waals surface area contributed by atoms with Crippen molar-refractivity contribution in [1.29, 1.82) is 0 Å². The highest BCUT2D eigenvalue weighted by molar-refractivity contribution is 5.90. The molecule has 0 radical (unpaired) electrons. The molecule has 1 saturated heterocycles. The van der Waals surface area contributed by atoms with E-state index in [-0.39, 0.29) is 24.8 Å². The van der Waals surface area contributed by atoms with Crippen molar-refractivity contribution < 1.29 is 33.7 Å². The number of amides is 2. The first kappa shape index (κ1) is 28.5. The van der Waals surface area contributed by atoms with E-state index in [0.29, 0.717) is 34.8 Å². The molecule has 2 aliphatic heterocycles. The number of hydrogen-bond donors (Lipinski definition) is 2. The first-order chi connectivity index (χ1) is 20.3. The summed E-state index contributed by atoms with van der Waals surface area (Å²) in [5.41, 5.74) is 1.44. The zero-order valence-corrected chi connectivity index (χ0v) is 24.3. The van der Waals surface area contributed by atoms with Gasteiger partial charge >= 0.3 is 12.1 Å². The molecule has 1 aromatic carbocycles. The van der Waals surface area contributed by atoms with Crippen LogP contribution in [0.1, 0.15) is 76.8 Å². The maximum Gasteiger partial charge on any atom is 0.408 e. The molecule has 5 atom stereocenters. The summed E-state index contributed by atoms with van der Waals surface area (Å²) in [6.07, 6.45) is 7.67. The number of benzene rings is 1. The number of nitrogens with one attached hydrogen (secondary N) is 1. The maximum atomic E-state index is 14.0. The number of alkyl carbamates (subject to hydrolysis) is 1. The maximum absolute atomic E-state index is 14.0. The van der Waals surface area contributed by atoms with Gasteiger partial charge in [-0.15, -0.1) is 0 Å². The highest BCUT2D eigenvalue weighted by Gasteiger charge is 2.54. The van der Waals surface area contributed by atoms with Crippen molar-refractivity contribution in [1.82, 2.24) is 20.2 Å². The first-order valence-electron chi connectivity index (χ1n) is 15.3. The van der Waals surface area contributed by atoms with Gasteiger partial charge in [0, 0.05) is 12.3 Å². The molecule has 0 spiro atoms. The van der Waals surface area contributed by atoms with Crippen molar-refractivity contribution in [2.45, 2.75) is 101 Å². The van der Waals surface area contributed by atoms with Crippen LogP contribution >= 0.6 is 0 Å². The number of carboxylic acid groups (broad SMARTS) is 1. The number of para-hydroxylation sites is 1. The quantitative estimate of drug-likeness (QED) is 0.545. The molecule has 2 aliphatic carbocycles. The van der Waals surface area contributed by atoms with Gasteiger partial charge in [-0.1, -0.05) is 31.7 Å². The van der Waals surface area contributed by atoms with E-state index in [9.17, 15) is 19.5 Å². The molecule has 226 valence electrons. The van der Waals surface area contributed by atoms with Gasteiger partial charge in [-0.2, -0.15) is 0 Å². The smallest absolute Gasteiger partial charge is 0.408 e. The molecule has 1 aromatic heterocycles. The normalized spacial score (nSPS) is 30.8. The van der Waals surface area contributed by atoms with Gasteiger partial charge in [0.15, 0.2) is 0 Å². The van der Waals surface area contributed by atoms with Crippen LogP contribution in [-0.4, -0.2) is 75.4 Å². The molecule has 2 aromatic rings. The fourth-order valence-electron chi connectivity index (χ4n) is 7.05. The van der Waals surface area contributed by atoms with Gasteiger partial charge in [-0.25, -0.2) is 19.6 Å². The van der Waals surface area contributed by atoms with Crippen molar-refractivity contribution in [2.75, 3.05) is 13.7 Å². The standard InChI is InChI=1S/C31H40N4O7/c1-31-16-19(31)11-4-3-5-12-22-27(33-26-21(32-22)13-8-14-24(26)40-2)41-20-15-23(29(37)38)35(17-20)28(36)25(34-30(39)42-31)18-9-6-7-10-18/h8,13-14,18-20,23,25H,3-7,9-12,15-17H2,1-2H3,(H,34,39)(H,37,38)/t19-,20+,23-,25-,31-/m0/s1. The van der Waals surface area contributed by atoms with Crippen LogP contribution in [0.3, 0.4) is 0 Å². The number of methoxy groups -OCH3 is 1. The van der Waals surface area contributed by atoms with E-state index in [0.717, 1.165) is 57.8 Å². The van der Waals surface area contributed by atoms with Crippen LogP contribution in [0.4, 0.5) is 4.79 Å². The number of carbonyl (C=O) groups is 3. The van der Waals surface area contributed by atoms with E-state index in [2.05, 4.69) is 5.32 Å². The number of aryl methyl sites for hydroxylation is 1. The van der Waals surface area contributed by atoms with Crippen LogP contribution in [-0.2, 0) is 20.7 Å². The van der Waals surface area contributed by atoms with Crippen LogP contribution in [0.25, 0.3) is 11.0 Å². The fourth-order valence-corrected chi connectivity index (χ4v) is 7.05. The summed E-state index contributed by atoms with van der Waals surface area (Å²) in [5.74, 6) is -0.373. The SMILES string of the molecule is COc1cccc2nc3c(nc12)O[C@@H]1C[C@@H](C(=O)O)N(C1)C(=O)[C@H](C1CCCC1)NC(=O)O[C@@]1(C)C[C@@H]1CCCCC3. The summed E-state index contributed by atoms with van der Waals surface area (Å²) in [6, 6.07) is 3.64. The molecular weight excluding hydrogens is 540 g/mol. The number of carbonyl (C=O) groups excluding carboxylic acids is 2. The molecule has 2 saturated carbocycles. The molecule has 2 N–H and O–H groups in total. The number of nitrogens with zero attached hydrogens (tertiary/aromatic N) is 3. The van der Waals surface area contributed by atoms with E-state index >= 15 is 0 Å². The minimum atomic E-state index is -1.10. The summed E-state index contributed by atoms with van der Waals surface area (Å²) in [7, 11) is 1.58. The summed E-state index contributed by atoms with van der Waals surface area (Å²) in [5, 5.41) is 13.0. The van der Waals surface area contributed by atoms with Gasteiger partial charge in [0.1, 0.15) is 40.7 Å². The second-order valence-electron chi connectivity index (χ2n) is 12.5. The van der Waals surface area contributed by atoms with Crippen molar-refractivity contribution in [2.24, 2.45) is 11.8 Å². The average Bonchev–Trinajstić information content (AvgIpc) is 3.34. The van der Waals surface area contributed by atoms with Crippen LogP contribution < -0.4 is 14.8 Å². The van der Waals surface area contributed by atoms with Crippen LogP contribution in [0, 0.1) is 11.8 Å². The number of aromatic nitrogens is 2. The molecule has 11 nitrogen and oxygen atoms in total. The van der Waals surface area contributed by atoms with E-state index < -0.39 is 41.8 Å². The Balaban J connectivity index is 1.34. The zero-order valence-electron chi connectivity index (χ0n) is 24.3. The number of carboxylic acids is 1. The van der Waals surface area contributed by atoms with Gasteiger partial charge in [-0.05, 0) is 63.5 Å². The lowest BCUT2D eigenvalue weighted by atomic mass is 9.96. The Bertz CT molecular complexity index is 1360. The minimum absolute atomic E-state index is 0.0701. The van der Waals surface area contributed by atoms with Crippen LogP contribution in [0.5, 0.6) is 11.6 Å². The minimum Gasteiger partial charge on any atom is -0.494 e. The predicted molar refractivity (Wildman–Crippen MR) is 152 cm³/mol. The van der Waals surface area contributed by atoms with E-state index in [1.165, 1.54) is 4.90 Å². The van der Waals surface area contributed by atoms with E-state index in [1.807, 2.05) is 25.1 Å². The number of aliphatic carboxylic acids is 1. The van der Waals surface area contributed by atoms with E-state index in [1.54, 1.807) is 7.11 Å². The Kier molecular flexibility index (Phi) is 7.85. The summed E-state index contributed by atoms with van der Waals surface area (Å²) >= 11 is 0. The number of hydrogen-bond acceptors (Lipinski definition) is 8. The predicted octanol–water partition coefficient (Wildman–Crippen LogP) is 4.25. The molecule has 3 heterocycles. The third-order valence-electron chi connectivity index (χ3n) is 9.58. The lowest BCUT2D eigenvalue weighted by Gasteiger charge is -2.30. The monoisotopic (exact) mass is 580 g/mol. The van der Waals surface area contributed by atoms with Crippen LogP contribution in [0.2, 0.25) is 0 Å². The lowest BCUT2D eigenvalue weighted by molar-refractivity contribution is -0.149. The Labute approximate surface area is 245 Å². The molecule has 3 fully saturated rings. The van der Waals surface area contributed by atoms with Crippen molar-refractivity contribution in [3.05, 3.63) is 23.9 Å². The molecule has 42 heavy (non-hydrogen) atoms. The van der Waals surface area contributed by atoms with E-state index in [4.69, 9.17) is 24.2 Å². The van der Waals surface area contributed by atoms with Gasteiger partial charge in [0.05, 0.1) is 19.2 Å². The summed E-state index contributed by atoms with van der Waals surface area (Å²) in [4.78, 5) is 50.5. The lowest BCUT2D eigenvalue weighted by Crippen LogP contribution is -2.55. The van der Waals surface area contributed by atoms with Gasteiger partial charge < -0.3 is 29.5 Å². The second kappa shape index (κ2) is 11.6. The third kappa shape index (κ3) is 5.70. The molecular formula is C31H40N4O7. The number of ether oxygens (including phenoxy) is 3. The van der Waals surface area contributed by atoms with Gasteiger partial charge in [0.25, 0.3) is 0 Å². The molecule has 0 unspecified atom stereocenters. The average molecular weight is 581 g/mol. The van der Waals surface area contributed by atoms with Crippen molar-refractivity contribution in [3.8, 4) is 11.6 Å². The first-order valence-corrected chi connectivity index (χ1v) is 15.3. The Hall–Kier alpha value is -3.63. The topological polar surface area (TPSA) is 140 Å². The van der Waals surface area contributed by atoms with Crippen molar-refractivity contribution in [3.63, 3.8) is 0 Å². The number of fused-ring (bicyclic) bond motifs is 5. The van der Waals surface area contributed by atoms with Gasteiger partial charge in [0.2, 0.25) is 11.8 Å². The van der Waals surface area contributed by atoms with Crippen LogP contribution in [0.15, 0.2) is 18.2 Å². The Morgan fingerprint density at radius 3 is 2.67 bits per heavy atom. The Morgan fingerprint density at radius 1 is 1.12 bits per heavy atom. The molecule has 6 rings (SSSR count). The fraction of sp³-hybridized carbons (Fsp3) is 0.645. The second-order valence-corrected chi connectivity index (χ2v) is 12.5. The summed E-state index contributed by atoms with van der Waals surface area (Å²) in [6.45, 7) is 2.02. The molecule has 4 aliphatic rings. The van der Waals surface area contributed by atoms with Gasteiger partial charge in [-0.3, -0.25) is 4.79 Å². The molecule has 2 amide bonds. The Morgan fingerprint density at radius 2 is 1.90 bits per heavy atom. The molecule has 2 bridgehead atoms. The highest BCUT2D eigenvalue weighted by Crippen LogP contribution is 2.49. The summed E-state index contributed by atoms with van der Waals surface area (Å²) < 4.78 is 17.8. The number of rotatable bonds is 3. The third-order valence-corrected chi connectivity index (χ3v) is 9.58. The zero-order chi connectivity index (χ0) is 29.4. The highest BCUT2D eigenvalue weighted by atomic mass is 16.6. The van der Waals surface area contributed by atoms with Crippen molar-refractivity contribution >= 4 is 29.0 Å². The molecule has 11 heteroatoms. The largest absolute Gasteiger partial charge is 0.494 e.